The first kappa shape index (κ1) is 9.88. The van der Waals surface area contributed by atoms with E-state index in [4.69, 9.17) is 12.6 Å². The Labute approximate surface area is 65.2 Å². The minimum atomic E-state index is -2.90. The zero-order chi connectivity index (χ0) is 7.98. The van der Waals surface area contributed by atoms with Gasteiger partial charge in [-0.2, -0.15) is 0 Å². The average molecular weight is 186 g/mol. The van der Waals surface area contributed by atoms with Gasteiger partial charge >= 0.3 is 27.5 Å². The summed E-state index contributed by atoms with van der Waals surface area (Å²) in [5.74, 6) is 0. The molecule has 0 radical (unpaired) electrons. The summed E-state index contributed by atoms with van der Waals surface area (Å²) in [6, 6.07) is 0. The second-order valence-electron chi connectivity index (χ2n) is 1.87. The van der Waals surface area contributed by atoms with Crippen molar-refractivity contribution in [1.29, 1.82) is 0 Å². The number of rotatable bonds is 0. The van der Waals surface area contributed by atoms with Gasteiger partial charge in [-0.25, -0.2) is 0 Å². The molecule has 0 aromatic heterocycles. The van der Waals surface area contributed by atoms with Crippen LogP contribution < -0.4 is 0 Å². The van der Waals surface area contributed by atoms with Crippen molar-refractivity contribution in [2.45, 2.75) is 13.3 Å². The van der Waals surface area contributed by atoms with Gasteiger partial charge in [-0.15, -0.1) is 0 Å². The van der Waals surface area contributed by atoms with E-state index >= 15 is 0 Å². The van der Waals surface area contributed by atoms with Gasteiger partial charge in [0.05, 0.1) is 0 Å². The zero-order valence-corrected chi connectivity index (χ0v) is 6.84. The van der Waals surface area contributed by atoms with Gasteiger partial charge in [0, 0.05) is 0 Å². The van der Waals surface area contributed by atoms with Crippen LogP contribution in [0.3, 0.4) is 0 Å². The van der Waals surface area contributed by atoms with E-state index in [2.05, 4.69) is 25.2 Å². The van der Waals surface area contributed by atoms with Crippen LogP contribution in [-0.4, -0.2) is 12.6 Å². The Morgan fingerprint density at radius 1 is 1.40 bits per heavy atom. The van der Waals surface area contributed by atoms with E-state index in [9.17, 15) is 0 Å². The van der Waals surface area contributed by atoms with Crippen molar-refractivity contribution < 1.29 is 27.5 Å². The standard InChI is InChI=1S/C6H8.Mn.3H2O/c1-6-4-2-3-5-6;;;;/h2-4H,5H2,1H3;;3*1H2/q;+3;;;/p-3. The molecule has 0 fully saturated rings. The van der Waals surface area contributed by atoms with E-state index in [1.54, 1.807) is 0 Å². The molecule has 0 aromatic rings. The Bertz CT molecular complexity index is 137. The molecule has 4 heteroatoms. The summed E-state index contributed by atoms with van der Waals surface area (Å²) in [5, 5.41) is 0. The SMILES string of the molecule is CC1=CC=CC1.[OH][Mn]([OH])[OH]. The van der Waals surface area contributed by atoms with Gasteiger partial charge in [0.1, 0.15) is 0 Å². The van der Waals surface area contributed by atoms with Crippen molar-refractivity contribution in [2.75, 3.05) is 0 Å². The first-order valence-corrected chi connectivity index (χ1v) is 4.31. The molecule has 0 aromatic carbocycles. The molecule has 1 aliphatic carbocycles. The number of allylic oxidation sites excluding steroid dienone is 4. The summed E-state index contributed by atoms with van der Waals surface area (Å²) in [4.78, 5) is 0. The van der Waals surface area contributed by atoms with E-state index in [0.29, 0.717) is 0 Å². The molecule has 1 rings (SSSR count). The molecule has 0 unspecified atom stereocenters. The van der Waals surface area contributed by atoms with E-state index in [-0.39, 0.29) is 0 Å². The Morgan fingerprint density at radius 3 is 2.00 bits per heavy atom. The summed E-state index contributed by atoms with van der Waals surface area (Å²) < 4.78 is 21.8. The van der Waals surface area contributed by atoms with Crippen molar-refractivity contribution in [3.05, 3.63) is 23.8 Å². The summed E-state index contributed by atoms with van der Waals surface area (Å²) in [7, 11) is 0. The summed E-state index contributed by atoms with van der Waals surface area (Å²) in [6.07, 6.45) is 7.56. The number of hydrogen-bond acceptors (Lipinski definition) is 3. The molecule has 10 heavy (non-hydrogen) atoms. The molecule has 0 aliphatic heterocycles. The van der Waals surface area contributed by atoms with Gasteiger partial charge < -0.3 is 0 Å². The van der Waals surface area contributed by atoms with Crippen molar-refractivity contribution in [3.63, 3.8) is 0 Å². The van der Waals surface area contributed by atoms with Crippen LogP contribution in [0.1, 0.15) is 13.3 Å². The fourth-order valence-electron chi connectivity index (χ4n) is 0.554. The van der Waals surface area contributed by atoms with Crippen LogP contribution in [0, 0.1) is 0 Å². The zero-order valence-electron chi connectivity index (χ0n) is 5.66. The predicted octanol–water partition coefficient (Wildman–Crippen LogP) is 0.219. The molecule has 0 saturated heterocycles. The summed E-state index contributed by atoms with van der Waals surface area (Å²) in [6.45, 7) is 2.14. The quantitative estimate of drug-likeness (QED) is 0.474. The monoisotopic (exact) mass is 186 g/mol. The molecular weight excluding hydrogens is 175 g/mol. The first-order valence-electron chi connectivity index (χ1n) is 2.72. The third-order valence-electron chi connectivity index (χ3n) is 0.957. The Kier molecular flexibility index (Phi) is 5.58. The molecule has 60 valence electrons. The van der Waals surface area contributed by atoms with E-state index in [1.807, 2.05) is 0 Å². The molecule has 0 saturated carbocycles. The van der Waals surface area contributed by atoms with E-state index in [1.165, 1.54) is 12.0 Å². The molecule has 0 atom stereocenters. The number of hydrogen-bond donors (Lipinski definition) is 3. The molecule has 1 aliphatic rings. The summed E-state index contributed by atoms with van der Waals surface area (Å²) in [5.41, 5.74) is 1.47. The minimum absolute atomic E-state index is 1.17. The molecule has 0 spiro atoms. The molecule has 3 N–H and O–H groups in total. The van der Waals surface area contributed by atoms with Gasteiger partial charge in [0.2, 0.25) is 0 Å². The third-order valence-corrected chi connectivity index (χ3v) is 0.957. The molecule has 0 bridgehead atoms. The maximum atomic E-state index is 7.27. The molecular formula is C6H11MnO3. The van der Waals surface area contributed by atoms with Gasteiger partial charge in [-0.1, -0.05) is 23.8 Å². The topological polar surface area (TPSA) is 60.7 Å². The van der Waals surface area contributed by atoms with Gasteiger partial charge in [0.25, 0.3) is 0 Å². The molecule has 0 amide bonds. The van der Waals surface area contributed by atoms with Crippen LogP contribution in [0.5, 0.6) is 0 Å². The van der Waals surface area contributed by atoms with Gasteiger partial charge in [0.15, 0.2) is 0 Å². The van der Waals surface area contributed by atoms with Crippen molar-refractivity contribution >= 4 is 0 Å². The van der Waals surface area contributed by atoms with E-state index in [0.717, 1.165) is 0 Å². The van der Waals surface area contributed by atoms with Crippen molar-refractivity contribution in [1.82, 2.24) is 0 Å². The second-order valence-corrected chi connectivity index (χ2v) is 2.58. The Hall–Kier alpha value is -0.121. The van der Waals surface area contributed by atoms with Crippen LogP contribution >= 0.6 is 0 Å². The molecule has 0 heterocycles. The fourth-order valence-corrected chi connectivity index (χ4v) is 0.554. The van der Waals surface area contributed by atoms with Crippen LogP contribution in [-0.2, 0) is 14.9 Å². The average Bonchev–Trinajstić information content (AvgIpc) is 2.15. The predicted molar refractivity (Wildman–Crippen MR) is 34.2 cm³/mol. The normalized spacial score (nSPS) is 15.6. The van der Waals surface area contributed by atoms with E-state index < -0.39 is 14.9 Å². The summed E-state index contributed by atoms with van der Waals surface area (Å²) >= 11 is -2.90. The van der Waals surface area contributed by atoms with Crippen LogP contribution in [0.15, 0.2) is 23.8 Å². The van der Waals surface area contributed by atoms with Crippen molar-refractivity contribution in [3.8, 4) is 0 Å². The van der Waals surface area contributed by atoms with Crippen LogP contribution in [0.25, 0.3) is 0 Å². The molecule has 3 nitrogen and oxygen atoms in total. The van der Waals surface area contributed by atoms with Gasteiger partial charge in [-0.05, 0) is 13.3 Å². The van der Waals surface area contributed by atoms with Crippen LogP contribution in [0.4, 0.5) is 0 Å². The second kappa shape index (κ2) is 5.65. The Morgan fingerprint density at radius 2 is 1.90 bits per heavy atom. The fraction of sp³-hybridized carbons (Fsp3) is 0.333. The van der Waals surface area contributed by atoms with Crippen LogP contribution in [0.2, 0.25) is 0 Å². The van der Waals surface area contributed by atoms with Crippen molar-refractivity contribution in [2.24, 2.45) is 0 Å². The Balaban J connectivity index is 0.000000180. The van der Waals surface area contributed by atoms with Gasteiger partial charge in [-0.3, -0.25) is 0 Å². The first-order chi connectivity index (χ1) is 4.63. The maximum absolute atomic E-state index is 7.27. The third kappa shape index (κ3) is 7.88.